The van der Waals surface area contributed by atoms with Gasteiger partial charge in [-0.05, 0) is 45.1 Å². The molecule has 0 aromatic heterocycles. The van der Waals surface area contributed by atoms with Crippen molar-refractivity contribution < 1.29 is 8.42 Å². The molecule has 2 aliphatic carbocycles. The van der Waals surface area contributed by atoms with Crippen LogP contribution in [-0.2, 0) is 9.84 Å². The van der Waals surface area contributed by atoms with Crippen LogP contribution in [0.4, 0.5) is 0 Å². The van der Waals surface area contributed by atoms with Gasteiger partial charge >= 0.3 is 0 Å². The smallest absolute Gasteiger partial charge is 0.150 e. The van der Waals surface area contributed by atoms with Gasteiger partial charge in [0.1, 0.15) is 9.84 Å². The van der Waals surface area contributed by atoms with Gasteiger partial charge in [-0.1, -0.05) is 6.42 Å². The van der Waals surface area contributed by atoms with Gasteiger partial charge in [0.25, 0.3) is 0 Å². The van der Waals surface area contributed by atoms with Crippen molar-refractivity contribution in [1.29, 1.82) is 0 Å². The molecular weight excluding hydrogens is 248 g/mol. The van der Waals surface area contributed by atoms with Crippen LogP contribution in [0.25, 0.3) is 0 Å². The molecule has 2 N–H and O–H groups in total. The van der Waals surface area contributed by atoms with Crippen molar-refractivity contribution >= 4 is 9.84 Å². The monoisotopic (exact) mass is 274 g/mol. The van der Waals surface area contributed by atoms with E-state index < -0.39 is 9.84 Å². The Morgan fingerprint density at radius 3 is 2.44 bits per heavy atom. The van der Waals surface area contributed by atoms with Gasteiger partial charge in [0, 0.05) is 24.9 Å². The van der Waals surface area contributed by atoms with Crippen LogP contribution in [0, 0.1) is 5.92 Å². The summed E-state index contributed by atoms with van der Waals surface area (Å²) in [5.74, 6) is 0.726. The lowest BCUT2D eigenvalue weighted by Crippen LogP contribution is -2.46. The average Bonchev–Trinajstić information content (AvgIpc) is 2.26. The second-order valence-corrected chi connectivity index (χ2v) is 8.63. The molecule has 0 aromatic carbocycles. The van der Waals surface area contributed by atoms with Gasteiger partial charge in [-0.15, -0.1) is 0 Å². The van der Waals surface area contributed by atoms with Gasteiger partial charge in [0.05, 0.1) is 5.25 Å². The van der Waals surface area contributed by atoms with Crippen LogP contribution in [0.3, 0.4) is 0 Å². The Morgan fingerprint density at radius 1 is 1.22 bits per heavy atom. The third-order valence-electron chi connectivity index (χ3n) is 4.65. The Bertz CT molecular complexity index is 376. The first-order valence-electron chi connectivity index (χ1n) is 7.01. The van der Waals surface area contributed by atoms with Crippen LogP contribution < -0.4 is 5.73 Å². The molecule has 2 unspecified atom stereocenters. The molecule has 0 radical (unpaired) electrons. The van der Waals surface area contributed by atoms with Crippen molar-refractivity contribution in [1.82, 2.24) is 4.90 Å². The second kappa shape index (κ2) is 5.47. The van der Waals surface area contributed by atoms with E-state index in [1.165, 1.54) is 6.26 Å². The first kappa shape index (κ1) is 14.3. The fourth-order valence-corrected chi connectivity index (χ4v) is 4.57. The maximum absolute atomic E-state index is 11.7. The summed E-state index contributed by atoms with van der Waals surface area (Å²) in [6, 6.07) is 0.842. The lowest BCUT2D eigenvalue weighted by Gasteiger charge is -2.40. The summed E-state index contributed by atoms with van der Waals surface area (Å²) in [5, 5.41) is -0.123. The Morgan fingerprint density at radius 2 is 1.89 bits per heavy atom. The molecule has 106 valence electrons. The summed E-state index contributed by atoms with van der Waals surface area (Å²) in [6.45, 7) is 1.08. The molecule has 2 rings (SSSR count). The molecule has 18 heavy (non-hydrogen) atoms. The molecule has 2 fully saturated rings. The molecule has 0 heterocycles. The fraction of sp³-hybridized carbons (Fsp3) is 1.00. The van der Waals surface area contributed by atoms with Crippen molar-refractivity contribution in [3.63, 3.8) is 0 Å². The van der Waals surface area contributed by atoms with E-state index in [4.69, 9.17) is 5.73 Å². The number of rotatable bonds is 4. The molecule has 2 aliphatic rings. The Labute approximate surface area is 111 Å². The van der Waals surface area contributed by atoms with Crippen molar-refractivity contribution in [2.24, 2.45) is 11.7 Å². The van der Waals surface area contributed by atoms with Crippen LogP contribution in [0.15, 0.2) is 0 Å². The Balaban J connectivity index is 1.84. The van der Waals surface area contributed by atoms with Crippen molar-refractivity contribution in [2.45, 2.75) is 55.9 Å². The van der Waals surface area contributed by atoms with Crippen molar-refractivity contribution in [2.75, 3.05) is 19.8 Å². The predicted octanol–water partition coefficient (Wildman–Crippen LogP) is 1.01. The molecule has 2 atom stereocenters. The van der Waals surface area contributed by atoms with E-state index in [1.54, 1.807) is 0 Å². The minimum atomic E-state index is -2.87. The lowest BCUT2D eigenvalue weighted by molar-refractivity contribution is 0.126. The number of hydrogen-bond acceptors (Lipinski definition) is 4. The molecule has 5 heteroatoms. The molecule has 2 saturated carbocycles. The standard InChI is InChI=1S/C13H26N2O2S/c1-15(9-10-6-11(14)7-10)12-4-3-5-13(8-12)18(2,16)17/h10-13H,3-9,14H2,1-2H3. The number of hydrogen-bond donors (Lipinski definition) is 1. The highest BCUT2D eigenvalue weighted by Gasteiger charge is 2.33. The zero-order chi connectivity index (χ0) is 13.3. The van der Waals surface area contributed by atoms with E-state index in [0.717, 1.165) is 51.0 Å². The van der Waals surface area contributed by atoms with Gasteiger partial charge < -0.3 is 10.6 Å². The number of nitrogens with two attached hydrogens (primary N) is 1. The Hall–Kier alpha value is -0.130. The molecule has 0 amide bonds. The molecule has 0 saturated heterocycles. The predicted molar refractivity (Wildman–Crippen MR) is 74.2 cm³/mol. The summed E-state index contributed by atoms with van der Waals surface area (Å²) in [5.41, 5.74) is 5.80. The van der Waals surface area contributed by atoms with E-state index in [2.05, 4.69) is 11.9 Å². The van der Waals surface area contributed by atoms with E-state index in [0.29, 0.717) is 12.1 Å². The molecule has 0 aliphatic heterocycles. The normalized spacial score (nSPS) is 37.6. The zero-order valence-corrected chi connectivity index (χ0v) is 12.3. The fourth-order valence-electron chi connectivity index (χ4n) is 3.40. The SMILES string of the molecule is CN(CC1CC(N)C1)C1CCCC(S(C)(=O)=O)C1. The third-order valence-corrected chi connectivity index (χ3v) is 6.28. The molecule has 0 bridgehead atoms. The summed E-state index contributed by atoms with van der Waals surface area (Å²) in [6.07, 6.45) is 7.48. The summed E-state index contributed by atoms with van der Waals surface area (Å²) >= 11 is 0. The largest absolute Gasteiger partial charge is 0.328 e. The minimum Gasteiger partial charge on any atom is -0.328 e. The van der Waals surface area contributed by atoms with E-state index in [1.807, 2.05) is 0 Å². The van der Waals surface area contributed by atoms with Crippen LogP contribution in [0.1, 0.15) is 38.5 Å². The van der Waals surface area contributed by atoms with Gasteiger partial charge in [-0.25, -0.2) is 8.42 Å². The molecule has 0 spiro atoms. The highest BCUT2D eigenvalue weighted by Crippen LogP contribution is 2.30. The molecule has 0 aromatic rings. The van der Waals surface area contributed by atoms with Gasteiger partial charge in [-0.3, -0.25) is 0 Å². The summed E-state index contributed by atoms with van der Waals surface area (Å²) < 4.78 is 23.3. The topological polar surface area (TPSA) is 63.4 Å². The molecular formula is C13H26N2O2S. The first-order valence-corrected chi connectivity index (χ1v) is 8.96. The maximum Gasteiger partial charge on any atom is 0.150 e. The van der Waals surface area contributed by atoms with E-state index in [9.17, 15) is 8.42 Å². The number of nitrogens with zero attached hydrogens (tertiary/aromatic N) is 1. The van der Waals surface area contributed by atoms with Gasteiger partial charge in [-0.2, -0.15) is 0 Å². The average molecular weight is 274 g/mol. The molecule has 4 nitrogen and oxygen atoms in total. The lowest BCUT2D eigenvalue weighted by atomic mass is 9.80. The minimum absolute atomic E-state index is 0.123. The summed E-state index contributed by atoms with van der Waals surface area (Å²) in [4.78, 5) is 2.37. The third kappa shape index (κ3) is 3.45. The Kier molecular flexibility index (Phi) is 4.34. The van der Waals surface area contributed by atoms with Gasteiger partial charge in [0.15, 0.2) is 0 Å². The van der Waals surface area contributed by atoms with Crippen LogP contribution in [0.5, 0.6) is 0 Å². The van der Waals surface area contributed by atoms with Crippen molar-refractivity contribution in [3.8, 4) is 0 Å². The van der Waals surface area contributed by atoms with Crippen molar-refractivity contribution in [3.05, 3.63) is 0 Å². The van der Waals surface area contributed by atoms with Crippen LogP contribution >= 0.6 is 0 Å². The quantitative estimate of drug-likeness (QED) is 0.831. The van der Waals surface area contributed by atoms with Gasteiger partial charge in [0.2, 0.25) is 0 Å². The van der Waals surface area contributed by atoms with E-state index >= 15 is 0 Å². The number of sulfone groups is 1. The summed E-state index contributed by atoms with van der Waals surface area (Å²) in [7, 11) is -0.730. The van der Waals surface area contributed by atoms with Crippen LogP contribution in [0.2, 0.25) is 0 Å². The first-order chi connectivity index (χ1) is 8.36. The second-order valence-electron chi connectivity index (χ2n) is 6.31. The highest BCUT2D eigenvalue weighted by atomic mass is 32.2. The maximum atomic E-state index is 11.7. The highest BCUT2D eigenvalue weighted by molar-refractivity contribution is 7.91. The van der Waals surface area contributed by atoms with E-state index in [-0.39, 0.29) is 5.25 Å². The zero-order valence-electron chi connectivity index (χ0n) is 11.5. The van der Waals surface area contributed by atoms with Crippen LogP contribution in [-0.4, -0.2) is 50.5 Å².